The summed E-state index contributed by atoms with van der Waals surface area (Å²) < 4.78 is 0. The molecule has 0 aliphatic carbocycles. The highest BCUT2D eigenvalue weighted by atomic mass is 32.1. The number of aryl methyl sites for hydroxylation is 2. The van der Waals surface area contributed by atoms with E-state index in [-0.39, 0.29) is 5.91 Å². The number of carbonyl (C=O) groups is 2. The Kier molecular flexibility index (Phi) is 5.34. The van der Waals surface area contributed by atoms with Crippen LogP contribution in [0.1, 0.15) is 47.3 Å². The number of carboxylic acid groups (broad SMARTS) is 1. The number of rotatable bonds is 6. The molecule has 0 spiro atoms. The summed E-state index contributed by atoms with van der Waals surface area (Å²) in [5.41, 5.74) is 1.19. The molecule has 0 fully saturated rings. The smallest absolute Gasteiger partial charge is 0.325 e. The lowest BCUT2D eigenvalue weighted by atomic mass is 10.1. The summed E-state index contributed by atoms with van der Waals surface area (Å²) in [4.78, 5) is 24.4. The number of nitrogens with one attached hydrogen (secondary N) is 1. The fourth-order valence-corrected chi connectivity index (χ4v) is 2.90. The molecule has 2 N–H and O–H groups in total. The zero-order chi connectivity index (χ0) is 13.7. The number of aliphatic carboxylic acids is 1. The third kappa shape index (κ3) is 3.57. The molecular weight excluding hydrogens is 250 g/mol. The van der Waals surface area contributed by atoms with Crippen LogP contribution in [0.2, 0.25) is 0 Å². The second-order valence-electron chi connectivity index (χ2n) is 4.20. The van der Waals surface area contributed by atoms with Crippen molar-refractivity contribution in [1.82, 2.24) is 5.32 Å². The molecule has 1 heterocycles. The van der Waals surface area contributed by atoms with E-state index in [4.69, 9.17) is 5.11 Å². The second kappa shape index (κ2) is 6.54. The Morgan fingerprint density at radius 2 is 2.11 bits per heavy atom. The van der Waals surface area contributed by atoms with Crippen molar-refractivity contribution in [2.24, 2.45) is 0 Å². The lowest BCUT2D eigenvalue weighted by Gasteiger charge is -2.07. The Morgan fingerprint density at radius 3 is 2.61 bits per heavy atom. The zero-order valence-corrected chi connectivity index (χ0v) is 11.8. The summed E-state index contributed by atoms with van der Waals surface area (Å²) in [5.74, 6) is -1.32. The van der Waals surface area contributed by atoms with Crippen molar-refractivity contribution in [2.45, 2.75) is 46.1 Å². The summed E-state index contributed by atoms with van der Waals surface area (Å²) in [5, 5.41) is 11.2. The van der Waals surface area contributed by atoms with Gasteiger partial charge in [0.1, 0.15) is 6.04 Å². The number of carbonyl (C=O) groups excluding carboxylic acids is 1. The monoisotopic (exact) mass is 269 g/mol. The van der Waals surface area contributed by atoms with Crippen LogP contribution in [0.4, 0.5) is 0 Å². The number of hydrogen-bond donors (Lipinski definition) is 2. The number of amides is 1. The average Bonchev–Trinajstić information content (AvgIpc) is 2.72. The van der Waals surface area contributed by atoms with E-state index in [2.05, 4.69) is 19.2 Å². The molecule has 5 heteroatoms. The third-order valence-electron chi connectivity index (χ3n) is 2.70. The van der Waals surface area contributed by atoms with E-state index in [0.29, 0.717) is 4.88 Å². The van der Waals surface area contributed by atoms with Gasteiger partial charge in [0.05, 0.1) is 4.88 Å². The second-order valence-corrected chi connectivity index (χ2v) is 5.33. The Morgan fingerprint density at radius 1 is 1.44 bits per heavy atom. The van der Waals surface area contributed by atoms with Crippen LogP contribution < -0.4 is 5.32 Å². The highest BCUT2D eigenvalue weighted by Gasteiger charge is 2.18. The Labute approximate surface area is 111 Å². The number of thiophene rings is 1. The van der Waals surface area contributed by atoms with Crippen LogP contribution in [0.3, 0.4) is 0 Å². The van der Waals surface area contributed by atoms with Gasteiger partial charge in [0, 0.05) is 4.88 Å². The molecule has 0 radical (unpaired) electrons. The molecule has 1 atom stereocenters. The molecule has 18 heavy (non-hydrogen) atoms. The van der Waals surface area contributed by atoms with E-state index >= 15 is 0 Å². The van der Waals surface area contributed by atoms with Crippen molar-refractivity contribution >= 4 is 23.2 Å². The summed E-state index contributed by atoms with van der Waals surface area (Å²) in [6.07, 6.45) is 2.91. The van der Waals surface area contributed by atoms with Crippen LogP contribution in [-0.4, -0.2) is 23.0 Å². The highest BCUT2D eigenvalue weighted by Crippen LogP contribution is 2.24. The minimum absolute atomic E-state index is 0.299. The van der Waals surface area contributed by atoms with Crippen molar-refractivity contribution in [3.05, 3.63) is 21.4 Å². The lowest BCUT2D eigenvalue weighted by Crippen LogP contribution is -2.37. The van der Waals surface area contributed by atoms with Gasteiger partial charge in [0.25, 0.3) is 5.91 Å². The number of hydrogen-bond acceptors (Lipinski definition) is 3. The van der Waals surface area contributed by atoms with Crippen molar-refractivity contribution in [3.8, 4) is 0 Å². The number of carboxylic acids is 1. The normalized spacial score (nSPS) is 12.2. The van der Waals surface area contributed by atoms with Crippen molar-refractivity contribution in [1.29, 1.82) is 0 Å². The topological polar surface area (TPSA) is 66.4 Å². The van der Waals surface area contributed by atoms with Gasteiger partial charge in [-0.25, -0.2) is 0 Å². The van der Waals surface area contributed by atoms with Gasteiger partial charge in [-0.2, -0.15) is 0 Å². The maximum absolute atomic E-state index is 11.9. The molecule has 0 aliphatic heterocycles. The fraction of sp³-hybridized carbons (Fsp3) is 0.538. The van der Waals surface area contributed by atoms with Crippen molar-refractivity contribution in [2.75, 3.05) is 0 Å². The predicted octanol–water partition coefficient (Wildman–Crippen LogP) is 2.47. The quantitative estimate of drug-likeness (QED) is 0.833. The molecule has 0 saturated carbocycles. The van der Waals surface area contributed by atoms with Gasteiger partial charge in [0.15, 0.2) is 0 Å². The molecule has 0 aromatic carbocycles. The molecule has 0 saturated heterocycles. The predicted molar refractivity (Wildman–Crippen MR) is 72.3 cm³/mol. The maximum Gasteiger partial charge on any atom is 0.325 e. The molecule has 1 aromatic heterocycles. The summed E-state index contributed by atoms with van der Waals surface area (Å²) in [6, 6.07) is 1.01. The Hall–Kier alpha value is -1.36. The highest BCUT2D eigenvalue weighted by molar-refractivity contribution is 7.14. The van der Waals surface area contributed by atoms with Gasteiger partial charge in [0.2, 0.25) is 0 Å². The first-order valence-electron chi connectivity index (χ1n) is 6.14. The first-order valence-corrected chi connectivity index (χ1v) is 6.96. The summed E-state index contributed by atoms with van der Waals surface area (Å²) in [7, 11) is 0. The van der Waals surface area contributed by atoms with E-state index in [1.807, 2.05) is 6.07 Å². The standard InChI is InChI=1S/C13H19NO3S/c1-4-6-10-9(5-2)7-11(18-10)12(15)14-8(3)13(16)17/h7-8H,4-6H2,1-3H3,(H,14,15)(H,16,17). The van der Waals surface area contributed by atoms with Crippen molar-refractivity contribution in [3.63, 3.8) is 0 Å². The van der Waals surface area contributed by atoms with Gasteiger partial charge < -0.3 is 10.4 Å². The SMILES string of the molecule is CCCc1sc(C(=O)NC(C)C(=O)O)cc1CC. The maximum atomic E-state index is 11.9. The van der Waals surface area contributed by atoms with E-state index in [1.165, 1.54) is 28.7 Å². The van der Waals surface area contributed by atoms with Crippen LogP contribution in [0.25, 0.3) is 0 Å². The van der Waals surface area contributed by atoms with E-state index in [9.17, 15) is 9.59 Å². The first kappa shape index (κ1) is 14.7. The zero-order valence-electron chi connectivity index (χ0n) is 10.9. The molecule has 100 valence electrons. The summed E-state index contributed by atoms with van der Waals surface area (Å²) >= 11 is 1.47. The Bertz CT molecular complexity index is 439. The van der Waals surface area contributed by atoms with Crippen LogP contribution in [0.5, 0.6) is 0 Å². The molecule has 0 aliphatic rings. The van der Waals surface area contributed by atoms with Crippen molar-refractivity contribution < 1.29 is 14.7 Å². The molecular formula is C13H19NO3S. The van der Waals surface area contributed by atoms with E-state index in [0.717, 1.165) is 19.3 Å². The van der Waals surface area contributed by atoms with Gasteiger partial charge in [-0.3, -0.25) is 9.59 Å². The average molecular weight is 269 g/mol. The summed E-state index contributed by atoms with van der Waals surface area (Å²) in [6.45, 7) is 5.62. The first-order chi connectivity index (χ1) is 8.49. The molecule has 4 nitrogen and oxygen atoms in total. The molecule has 0 bridgehead atoms. The largest absolute Gasteiger partial charge is 0.480 e. The van der Waals surface area contributed by atoms with Crippen LogP contribution in [0.15, 0.2) is 6.07 Å². The third-order valence-corrected chi connectivity index (χ3v) is 3.93. The fourth-order valence-electron chi connectivity index (χ4n) is 1.65. The van der Waals surface area contributed by atoms with Crippen LogP contribution >= 0.6 is 11.3 Å². The minimum atomic E-state index is -1.02. The van der Waals surface area contributed by atoms with Gasteiger partial charge in [-0.1, -0.05) is 20.3 Å². The van der Waals surface area contributed by atoms with Crippen LogP contribution in [-0.2, 0) is 17.6 Å². The van der Waals surface area contributed by atoms with Crippen LogP contribution in [0, 0.1) is 0 Å². The Balaban J connectivity index is 2.83. The van der Waals surface area contributed by atoms with E-state index in [1.54, 1.807) is 0 Å². The molecule has 1 aromatic rings. The lowest BCUT2D eigenvalue weighted by molar-refractivity contribution is -0.138. The molecule has 1 rings (SSSR count). The van der Waals surface area contributed by atoms with Gasteiger partial charge in [-0.15, -0.1) is 11.3 Å². The minimum Gasteiger partial charge on any atom is -0.480 e. The molecule has 1 amide bonds. The van der Waals surface area contributed by atoms with Gasteiger partial charge in [-0.05, 0) is 31.4 Å². The molecule has 1 unspecified atom stereocenters. The van der Waals surface area contributed by atoms with E-state index < -0.39 is 12.0 Å². The van der Waals surface area contributed by atoms with Gasteiger partial charge >= 0.3 is 5.97 Å².